The van der Waals surface area contributed by atoms with Gasteiger partial charge in [-0.05, 0) is 24.5 Å². The summed E-state index contributed by atoms with van der Waals surface area (Å²) in [5.74, 6) is 1.60. The van der Waals surface area contributed by atoms with Crippen LogP contribution in [0.3, 0.4) is 0 Å². The number of pyridine rings is 1. The Hall–Kier alpha value is -2.96. The lowest BCUT2D eigenvalue weighted by molar-refractivity contribution is 0.0679. The maximum atomic E-state index is 10.1. The normalized spacial score (nSPS) is 19.6. The highest BCUT2D eigenvalue weighted by Gasteiger charge is 2.37. The maximum Gasteiger partial charge on any atom is 0.167 e. The van der Waals surface area contributed by atoms with Crippen LogP contribution in [0, 0.1) is 11.3 Å². The molecule has 2 saturated heterocycles. The van der Waals surface area contributed by atoms with E-state index in [4.69, 9.17) is 14.5 Å². The topological polar surface area (TPSA) is 105 Å². The third-order valence-corrected chi connectivity index (χ3v) is 5.65. The standard InChI is InChI=1S/C19H21N7O2/c20-13-19(2-7-27-8-3-19)15-11-17(25-5-9-28-10-6-25)23-18-14(15)12-22-26(18)16-1-4-21-24-16/h1,4,11-12H,2-3,5-10H2,(H,21,24). The Labute approximate surface area is 161 Å². The molecule has 1 N–H and O–H groups in total. The number of morpholine rings is 1. The lowest BCUT2D eigenvalue weighted by Crippen LogP contribution is -2.37. The molecule has 0 radical (unpaired) electrons. The molecule has 2 aliphatic rings. The first kappa shape index (κ1) is 17.2. The van der Waals surface area contributed by atoms with E-state index in [2.05, 4.69) is 32.3 Å². The Morgan fingerprint density at radius 2 is 1.93 bits per heavy atom. The minimum absolute atomic E-state index is 0.582. The minimum atomic E-state index is -0.595. The first-order chi connectivity index (χ1) is 13.8. The van der Waals surface area contributed by atoms with E-state index in [1.807, 2.05) is 6.07 Å². The Morgan fingerprint density at radius 3 is 2.64 bits per heavy atom. The largest absolute Gasteiger partial charge is 0.381 e. The molecule has 3 aromatic heterocycles. The van der Waals surface area contributed by atoms with Crippen molar-refractivity contribution in [2.45, 2.75) is 18.3 Å². The molecule has 0 spiro atoms. The van der Waals surface area contributed by atoms with Gasteiger partial charge in [-0.3, -0.25) is 5.10 Å². The van der Waals surface area contributed by atoms with Crippen LogP contribution < -0.4 is 4.90 Å². The van der Waals surface area contributed by atoms with Crippen molar-refractivity contribution in [2.75, 3.05) is 44.4 Å². The Kier molecular flexibility index (Phi) is 4.22. The first-order valence-corrected chi connectivity index (χ1v) is 9.51. The number of fused-ring (bicyclic) bond motifs is 1. The molecule has 0 aromatic carbocycles. The number of aromatic nitrogens is 5. The molecular weight excluding hydrogens is 358 g/mol. The Bertz CT molecular complexity index is 1010. The monoisotopic (exact) mass is 379 g/mol. The van der Waals surface area contributed by atoms with Gasteiger partial charge in [-0.25, -0.2) is 4.98 Å². The zero-order valence-corrected chi connectivity index (χ0v) is 15.5. The number of nitrogens with zero attached hydrogens (tertiary/aromatic N) is 6. The van der Waals surface area contributed by atoms with E-state index in [0.29, 0.717) is 39.3 Å². The van der Waals surface area contributed by atoms with Crippen LogP contribution >= 0.6 is 0 Å². The number of hydrogen-bond donors (Lipinski definition) is 1. The number of rotatable bonds is 3. The van der Waals surface area contributed by atoms with E-state index in [0.717, 1.165) is 41.3 Å². The summed E-state index contributed by atoms with van der Waals surface area (Å²) >= 11 is 0. The molecule has 0 atom stereocenters. The highest BCUT2D eigenvalue weighted by molar-refractivity contribution is 5.84. The highest BCUT2D eigenvalue weighted by atomic mass is 16.5. The number of nitrogens with one attached hydrogen (secondary N) is 1. The summed E-state index contributed by atoms with van der Waals surface area (Å²) in [6, 6.07) is 6.51. The van der Waals surface area contributed by atoms with Gasteiger partial charge in [-0.15, -0.1) is 0 Å². The molecule has 5 rings (SSSR count). The van der Waals surface area contributed by atoms with Crippen molar-refractivity contribution in [3.63, 3.8) is 0 Å². The molecule has 0 unspecified atom stereocenters. The number of ether oxygens (including phenoxy) is 2. The van der Waals surface area contributed by atoms with Crippen molar-refractivity contribution in [1.82, 2.24) is 25.0 Å². The summed E-state index contributed by atoms with van der Waals surface area (Å²) < 4.78 is 12.8. The quantitative estimate of drug-likeness (QED) is 0.736. The van der Waals surface area contributed by atoms with Crippen molar-refractivity contribution in [2.24, 2.45) is 0 Å². The van der Waals surface area contributed by atoms with Gasteiger partial charge in [0, 0.05) is 37.8 Å². The Morgan fingerprint density at radius 1 is 1.14 bits per heavy atom. The lowest BCUT2D eigenvalue weighted by Gasteiger charge is -2.33. The third kappa shape index (κ3) is 2.73. The van der Waals surface area contributed by atoms with Gasteiger partial charge in [-0.1, -0.05) is 0 Å². The zero-order chi connectivity index (χ0) is 19.0. The van der Waals surface area contributed by atoms with Crippen LogP contribution in [0.15, 0.2) is 24.5 Å². The molecule has 3 aromatic rings. The van der Waals surface area contributed by atoms with Crippen molar-refractivity contribution in [3.8, 4) is 11.9 Å². The summed E-state index contributed by atoms with van der Waals surface area (Å²) in [4.78, 5) is 7.13. The molecule has 0 saturated carbocycles. The average molecular weight is 379 g/mol. The molecule has 9 heteroatoms. The van der Waals surface area contributed by atoms with Gasteiger partial charge < -0.3 is 14.4 Å². The van der Waals surface area contributed by atoms with E-state index < -0.39 is 5.41 Å². The van der Waals surface area contributed by atoms with Crippen LogP contribution in [-0.2, 0) is 14.9 Å². The van der Waals surface area contributed by atoms with Gasteiger partial charge >= 0.3 is 0 Å². The fraction of sp³-hybridized carbons (Fsp3) is 0.474. The molecule has 9 nitrogen and oxygen atoms in total. The maximum absolute atomic E-state index is 10.1. The predicted molar refractivity (Wildman–Crippen MR) is 101 cm³/mol. The Balaban J connectivity index is 1.72. The zero-order valence-electron chi connectivity index (χ0n) is 15.5. The molecule has 2 fully saturated rings. The number of hydrogen-bond acceptors (Lipinski definition) is 7. The van der Waals surface area contributed by atoms with E-state index in [9.17, 15) is 5.26 Å². The molecular formula is C19H21N7O2. The van der Waals surface area contributed by atoms with Gasteiger partial charge in [0.25, 0.3) is 0 Å². The van der Waals surface area contributed by atoms with Crippen molar-refractivity contribution >= 4 is 16.9 Å². The first-order valence-electron chi connectivity index (χ1n) is 9.51. The highest BCUT2D eigenvalue weighted by Crippen LogP contribution is 2.39. The molecule has 28 heavy (non-hydrogen) atoms. The number of aromatic amines is 1. The van der Waals surface area contributed by atoms with Crippen LogP contribution in [0.1, 0.15) is 18.4 Å². The smallest absolute Gasteiger partial charge is 0.167 e. The molecule has 0 bridgehead atoms. The van der Waals surface area contributed by atoms with Gasteiger partial charge in [0.05, 0.1) is 37.1 Å². The molecule has 5 heterocycles. The second-order valence-electron chi connectivity index (χ2n) is 7.17. The SMILES string of the molecule is N#CC1(c2cc(N3CCOCC3)nc3c2cnn3-c2ccn[nH]2)CCOCC1. The molecule has 2 aliphatic heterocycles. The molecule has 0 aliphatic carbocycles. The van der Waals surface area contributed by atoms with Gasteiger partial charge in [0.2, 0.25) is 0 Å². The van der Waals surface area contributed by atoms with E-state index >= 15 is 0 Å². The van der Waals surface area contributed by atoms with E-state index in [1.54, 1.807) is 17.1 Å². The lowest BCUT2D eigenvalue weighted by atomic mass is 9.74. The number of H-pyrrole nitrogens is 1. The molecule has 0 amide bonds. The van der Waals surface area contributed by atoms with Crippen LogP contribution in [0.25, 0.3) is 16.9 Å². The summed E-state index contributed by atoms with van der Waals surface area (Å²) in [6.07, 6.45) is 4.82. The van der Waals surface area contributed by atoms with Crippen molar-refractivity contribution in [3.05, 3.63) is 30.1 Å². The summed E-state index contributed by atoms with van der Waals surface area (Å²) in [6.45, 7) is 4.06. The second-order valence-corrected chi connectivity index (χ2v) is 7.17. The van der Waals surface area contributed by atoms with Gasteiger partial charge in [0.15, 0.2) is 11.5 Å². The third-order valence-electron chi connectivity index (χ3n) is 5.65. The minimum Gasteiger partial charge on any atom is -0.381 e. The van der Waals surface area contributed by atoms with E-state index in [-0.39, 0.29) is 0 Å². The molecule has 144 valence electrons. The van der Waals surface area contributed by atoms with Crippen LogP contribution in [0.5, 0.6) is 0 Å². The number of anilines is 1. The van der Waals surface area contributed by atoms with Gasteiger partial charge in [-0.2, -0.15) is 20.1 Å². The summed E-state index contributed by atoms with van der Waals surface area (Å²) in [7, 11) is 0. The van der Waals surface area contributed by atoms with Gasteiger partial charge in [0.1, 0.15) is 5.82 Å². The van der Waals surface area contributed by atoms with E-state index in [1.165, 1.54) is 0 Å². The van der Waals surface area contributed by atoms with Crippen LogP contribution in [0.2, 0.25) is 0 Å². The summed E-state index contributed by atoms with van der Waals surface area (Å²) in [5, 5.41) is 22.6. The summed E-state index contributed by atoms with van der Waals surface area (Å²) in [5.41, 5.74) is 1.11. The van der Waals surface area contributed by atoms with Crippen LogP contribution in [0.4, 0.5) is 5.82 Å². The fourth-order valence-corrected chi connectivity index (χ4v) is 4.04. The second kappa shape index (κ2) is 6.89. The fourth-order valence-electron chi connectivity index (χ4n) is 4.04. The average Bonchev–Trinajstić information content (AvgIpc) is 3.43. The van der Waals surface area contributed by atoms with Crippen molar-refractivity contribution in [1.29, 1.82) is 5.26 Å². The predicted octanol–water partition coefficient (Wildman–Crippen LogP) is 1.55. The number of nitriles is 1. The van der Waals surface area contributed by atoms with Crippen molar-refractivity contribution < 1.29 is 9.47 Å². The van der Waals surface area contributed by atoms with Crippen LogP contribution in [-0.4, -0.2) is 64.5 Å².